The van der Waals surface area contributed by atoms with E-state index in [1.165, 1.54) is 35.7 Å². The van der Waals surface area contributed by atoms with Crippen LogP contribution in [0.1, 0.15) is 6.42 Å². The maximum atomic E-state index is 12.9. The van der Waals surface area contributed by atoms with E-state index in [9.17, 15) is 26.4 Å². The summed E-state index contributed by atoms with van der Waals surface area (Å²) in [5, 5.41) is 7.65. The highest BCUT2D eigenvalue weighted by Gasteiger charge is 2.49. The molecule has 0 amide bonds. The van der Waals surface area contributed by atoms with Crippen molar-refractivity contribution >= 4 is 39.5 Å². The summed E-state index contributed by atoms with van der Waals surface area (Å²) in [5.74, 6) is -2.39. The zero-order valence-electron chi connectivity index (χ0n) is 14.6. The minimum absolute atomic E-state index is 0.0127. The fourth-order valence-corrected chi connectivity index (χ4v) is 5.52. The molecule has 3 rings (SSSR count). The second-order valence-corrected chi connectivity index (χ2v) is 9.14. The van der Waals surface area contributed by atoms with Crippen LogP contribution in [0, 0.1) is 0 Å². The third-order valence-electron chi connectivity index (χ3n) is 4.00. The Morgan fingerprint density at radius 3 is 2.62 bits per heavy atom. The first-order valence-corrected chi connectivity index (χ1v) is 11.0. The Hall–Kier alpha value is -1.67. The van der Waals surface area contributed by atoms with Crippen LogP contribution in [0.3, 0.4) is 0 Å². The molecule has 8 nitrogen and oxygen atoms in total. The van der Waals surface area contributed by atoms with Crippen molar-refractivity contribution < 1.29 is 31.2 Å². The van der Waals surface area contributed by atoms with Crippen molar-refractivity contribution in [2.45, 2.75) is 29.0 Å². The summed E-state index contributed by atoms with van der Waals surface area (Å²) in [6.45, 7) is 1.42. The highest BCUT2D eigenvalue weighted by Crippen LogP contribution is 2.37. The van der Waals surface area contributed by atoms with Gasteiger partial charge in [0.15, 0.2) is 0 Å². The average molecular weight is 473 g/mol. The third-order valence-corrected chi connectivity index (χ3v) is 7.24. The molecule has 0 aromatic heterocycles. The molecule has 1 unspecified atom stereocenters. The van der Waals surface area contributed by atoms with Crippen molar-refractivity contribution in [3.63, 3.8) is 0 Å². The molecule has 1 fully saturated rings. The summed E-state index contributed by atoms with van der Waals surface area (Å²) in [7, 11) is -4.65. The van der Waals surface area contributed by atoms with Gasteiger partial charge in [0.25, 0.3) is 10.0 Å². The number of thioether (sulfide) groups is 1. The number of carbonyl (C=O) groups excluding carboxylic acids is 1. The normalized spacial score (nSPS) is 22.7. The SMILES string of the molecule is O=C(ON([C@H]1SC=C(NC2CCNC2)N1Cl)S(=O)(=O)c1ccccc1)C(F)(F)F. The van der Waals surface area contributed by atoms with Gasteiger partial charge in [-0.05, 0) is 25.1 Å². The second-order valence-electron chi connectivity index (χ2n) is 6.06. The highest BCUT2D eigenvalue weighted by molar-refractivity contribution is 8.03. The predicted molar refractivity (Wildman–Crippen MR) is 99.2 cm³/mol. The van der Waals surface area contributed by atoms with Crippen LogP contribution in [0.5, 0.6) is 0 Å². The number of hydrogen-bond acceptors (Lipinski definition) is 8. The van der Waals surface area contributed by atoms with E-state index in [0.29, 0.717) is 6.54 Å². The number of halogens is 4. The lowest BCUT2D eigenvalue weighted by molar-refractivity contribution is -0.226. The topological polar surface area (TPSA) is 91.0 Å². The fraction of sp³-hybridized carbons (Fsp3) is 0.400. The minimum atomic E-state index is -5.39. The second kappa shape index (κ2) is 8.60. The van der Waals surface area contributed by atoms with Gasteiger partial charge in [0.2, 0.25) is 5.50 Å². The highest BCUT2D eigenvalue weighted by atomic mass is 35.5. The summed E-state index contributed by atoms with van der Waals surface area (Å²) < 4.78 is 64.9. The van der Waals surface area contributed by atoms with Gasteiger partial charge in [0, 0.05) is 34.2 Å². The number of alkyl halides is 3. The maximum absolute atomic E-state index is 12.9. The number of nitrogens with zero attached hydrogens (tertiary/aromatic N) is 2. The summed E-state index contributed by atoms with van der Waals surface area (Å²) in [5.41, 5.74) is -1.48. The number of sulfonamides is 1. The number of benzene rings is 1. The molecule has 2 heterocycles. The van der Waals surface area contributed by atoms with Crippen LogP contribution in [-0.4, -0.2) is 54.1 Å². The van der Waals surface area contributed by atoms with E-state index in [1.807, 2.05) is 0 Å². The van der Waals surface area contributed by atoms with Gasteiger partial charge in [-0.25, -0.2) is 17.6 Å². The number of carbonyl (C=O) groups is 1. The molecular weight excluding hydrogens is 457 g/mol. The number of hydroxylamine groups is 1. The van der Waals surface area contributed by atoms with Crippen molar-refractivity contribution in [2.75, 3.05) is 13.1 Å². The molecule has 2 atom stereocenters. The lowest BCUT2D eigenvalue weighted by atomic mass is 10.3. The van der Waals surface area contributed by atoms with Gasteiger partial charge in [-0.15, -0.1) is 0 Å². The largest absolute Gasteiger partial charge is 0.492 e. The first-order chi connectivity index (χ1) is 13.6. The van der Waals surface area contributed by atoms with E-state index < -0.39 is 27.7 Å². The van der Waals surface area contributed by atoms with Crippen molar-refractivity contribution in [3.8, 4) is 0 Å². The van der Waals surface area contributed by atoms with Crippen LogP contribution >= 0.6 is 23.5 Å². The number of hydrogen-bond donors (Lipinski definition) is 2. The van der Waals surface area contributed by atoms with Crippen molar-refractivity contribution in [2.24, 2.45) is 0 Å². The quantitative estimate of drug-likeness (QED) is 0.479. The average Bonchev–Trinajstić information content (AvgIpc) is 3.30. The third kappa shape index (κ3) is 4.91. The Balaban J connectivity index is 1.86. The smallest absolute Gasteiger partial charge is 0.366 e. The summed E-state index contributed by atoms with van der Waals surface area (Å²) in [6.07, 6.45) is -4.61. The Bertz CT molecular complexity index is 879. The molecule has 1 aromatic rings. The van der Waals surface area contributed by atoms with E-state index >= 15 is 0 Å². The first kappa shape index (κ1) is 22.0. The lowest BCUT2D eigenvalue weighted by Crippen LogP contribution is -2.48. The maximum Gasteiger partial charge on any atom is 0.492 e. The van der Waals surface area contributed by atoms with E-state index in [0.717, 1.165) is 29.1 Å². The predicted octanol–water partition coefficient (Wildman–Crippen LogP) is 1.93. The standard InChI is InChI=1S/C15H16ClF3N4O4S2/c16-22-12(21-10-6-7-20-8-10)9-28-14(22)23(27-13(24)15(17,18)19)29(25,26)11-4-2-1-3-5-11/h1-5,9-10,14,20-21H,6-8H2/t10?,14-/m0/s1. The molecule has 0 spiro atoms. The van der Waals surface area contributed by atoms with Gasteiger partial charge in [-0.3, -0.25) is 0 Å². The van der Waals surface area contributed by atoms with Crippen molar-refractivity contribution in [1.29, 1.82) is 0 Å². The van der Waals surface area contributed by atoms with Gasteiger partial charge in [-0.1, -0.05) is 30.0 Å². The molecule has 14 heteroatoms. The van der Waals surface area contributed by atoms with Crippen LogP contribution in [0.2, 0.25) is 0 Å². The molecule has 1 saturated heterocycles. The molecule has 0 aliphatic carbocycles. The van der Waals surface area contributed by atoms with Gasteiger partial charge in [-0.2, -0.15) is 13.2 Å². The van der Waals surface area contributed by atoms with E-state index in [1.54, 1.807) is 0 Å². The van der Waals surface area contributed by atoms with Crippen LogP contribution in [-0.2, 0) is 19.7 Å². The number of rotatable bonds is 6. The molecule has 29 heavy (non-hydrogen) atoms. The zero-order valence-corrected chi connectivity index (χ0v) is 17.0. The van der Waals surface area contributed by atoms with Crippen molar-refractivity contribution in [1.82, 2.24) is 19.5 Å². The van der Waals surface area contributed by atoms with Crippen LogP contribution in [0.15, 0.2) is 46.5 Å². The minimum Gasteiger partial charge on any atom is -0.366 e. The Morgan fingerprint density at radius 2 is 2.03 bits per heavy atom. The van der Waals surface area contributed by atoms with E-state index in [2.05, 4.69) is 15.5 Å². The lowest BCUT2D eigenvalue weighted by Gasteiger charge is -2.30. The summed E-state index contributed by atoms with van der Waals surface area (Å²) >= 11 is 6.97. The monoisotopic (exact) mass is 472 g/mol. The first-order valence-electron chi connectivity index (χ1n) is 8.27. The Morgan fingerprint density at radius 1 is 1.34 bits per heavy atom. The molecule has 0 saturated carbocycles. The van der Waals surface area contributed by atoms with Crippen LogP contribution in [0.25, 0.3) is 0 Å². The van der Waals surface area contributed by atoms with E-state index in [4.69, 9.17) is 11.8 Å². The van der Waals surface area contributed by atoms with Crippen LogP contribution < -0.4 is 10.6 Å². The van der Waals surface area contributed by atoms with Gasteiger partial charge < -0.3 is 15.5 Å². The zero-order chi connectivity index (χ0) is 21.2. The summed E-state index contributed by atoms with van der Waals surface area (Å²) in [6, 6.07) is 6.64. The summed E-state index contributed by atoms with van der Waals surface area (Å²) in [4.78, 5) is 15.3. The molecule has 2 aliphatic heterocycles. The molecule has 0 radical (unpaired) electrons. The van der Waals surface area contributed by atoms with Crippen LogP contribution in [0.4, 0.5) is 13.2 Å². The van der Waals surface area contributed by atoms with Crippen molar-refractivity contribution in [3.05, 3.63) is 41.6 Å². The van der Waals surface area contributed by atoms with Gasteiger partial charge in [0.1, 0.15) is 5.82 Å². The molecule has 0 bridgehead atoms. The number of nitrogens with one attached hydrogen (secondary N) is 2. The van der Waals surface area contributed by atoms with Gasteiger partial charge in [0.05, 0.1) is 4.90 Å². The Labute approximate surface area is 174 Å². The van der Waals surface area contributed by atoms with Gasteiger partial charge >= 0.3 is 12.1 Å². The van der Waals surface area contributed by atoms with E-state index in [-0.39, 0.29) is 21.2 Å². The fourth-order valence-electron chi connectivity index (χ4n) is 2.61. The molecule has 160 valence electrons. The molecule has 2 aliphatic rings. The molecule has 2 N–H and O–H groups in total. The Kier molecular flexibility index (Phi) is 6.53. The molecule has 1 aromatic carbocycles. The molecular formula is C15H16ClF3N4O4S2.